The summed E-state index contributed by atoms with van der Waals surface area (Å²) in [6, 6.07) is 10.0. The molecule has 1 fully saturated rings. The summed E-state index contributed by atoms with van der Waals surface area (Å²) in [6.45, 7) is 4.03. The van der Waals surface area contributed by atoms with Crippen molar-refractivity contribution < 1.29 is 19.0 Å². The topological polar surface area (TPSA) is 61.8 Å². The number of nitrogens with zero attached hydrogens (tertiary/aromatic N) is 1. The van der Waals surface area contributed by atoms with Crippen molar-refractivity contribution in [3.05, 3.63) is 53.3 Å². The number of phenolic OH excluding ortho intramolecular Hbond substituents is 1. The molecular formula is C22H25FN2O3. The maximum Gasteiger partial charge on any atom is 0.230 e. The molecule has 1 unspecified atom stereocenters. The molecule has 1 saturated heterocycles. The fraction of sp³-hybridized carbons (Fsp3) is 0.409. The summed E-state index contributed by atoms with van der Waals surface area (Å²) >= 11 is 0. The molecule has 0 aromatic heterocycles. The zero-order valence-corrected chi connectivity index (χ0v) is 16.0. The Morgan fingerprint density at radius 2 is 2.04 bits per heavy atom. The lowest BCUT2D eigenvalue weighted by Gasteiger charge is -2.27. The van der Waals surface area contributed by atoms with Crippen LogP contribution < -0.4 is 10.2 Å². The Kier molecular flexibility index (Phi) is 5.22. The molecule has 5 nitrogen and oxygen atoms in total. The SMILES string of the molecule is CC(Nc1ccc(F)cc1O)c1ccc2c(c1)CCN2C(=O)C1CCOCC1. The Balaban J connectivity index is 1.49. The van der Waals surface area contributed by atoms with Crippen molar-refractivity contribution in [2.24, 2.45) is 5.92 Å². The number of carbonyl (C=O) groups is 1. The monoisotopic (exact) mass is 384 g/mol. The van der Waals surface area contributed by atoms with Gasteiger partial charge in [-0.2, -0.15) is 0 Å². The quantitative estimate of drug-likeness (QED) is 0.782. The number of nitrogens with one attached hydrogen (secondary N) is 1. The normalized spacial score (nSPS) is 18.0. The van der Waals surface area contributed by atoms with Crippen LogP contribution in [0.5, 0.6) is 5.75 Å². The van der Waals surface area contributed by atoms with E-state index in [1.54, 1.807) is 0 Å². The summed E-state index contributed by atoms with van der Waals surface area (Å²) in [4.78, 5) is 14.8. The number of carbonyl (C=O) groups excluding carboxylic acids is 1. The summed E-state index contributed by atoms with van der Waals surface area (Å²) < 4.78 is 18.5. The number of halogens is 1. The number of amides is 1. The Morgan fingerprint density at radius 3 is 2.79 bits per heavy atom. The third-order valence-electron chi connectivity index (χ3n) is 5.67. The highest BCUT2D eigenvalue weighted by molar-refractivity contribution is 5.97. The van der Waals surface area contributed by atoms with E-state index in [-0.39, 0.29) is 23.6 Å². The largest absolute Gasteiger partial charge is 0.506 e. The van der Waals surface area contributed by atoms with Crippen molar-refractivity contribution >= 4 is 17.3 Å². The van der Waals surface area contributed by atoms with Crippen LogP contribution >= 0.6 is 0 Å². The van der Waals surface area contributed by atoms with Crippen LogP contribution in [-0.2, 0) is 16.0 Å². The summed E-state index contributed by atoms with van der Waals surface area (Å²) in [5.74, 6) is -0.317. The van der Waals surface area contributed by atoms with Crippen LogP contribution in [0.2, 0.25) is 0 Å². The summed E-state index contributed by atoms with van der Waals surface area (Å²) in [5.41, 5.74) is 3.71. The number of aromatic hydroxyl groups is 1. The van der Waals surface area contributed by atoms with E-state index in [1.807, 2.05) is 24.0 Å². The van der Waals surface area contributed by atoms with Crippen molar-refractivity contribution in [1.82, 2.24) is 0 Å². The van der Waals surface area contributed by atoms with Crippen LogP contribution in [0, 0.1) is 11.7 Å². The standard InChI is InChI=1S/C22H25FN2O3/c1-14(24-19-4-3-18(23)13-21(19)26)16-2-5-20-17(12-16)6-9-25(20)22(27)15-7-10-28-11-8-15/h2-5,12-15,24,26H,6-11H2,1H3. The van der Waals surface area contributed by atoms with E-state index >= 15 is 0 Å². The van der Waals surface area contributed by atoms with E-state index in [2.05, 4.69) is 11.4 Å². The highest BCUT2D eigenvalue weighted by atomic mass is 19.1. The smallest absolute Gasteiger partial charge is 0.230 e. The first-order valence-corrected chi connectivity index (χ1v) is 9.80. The number of benzene rings is 2. The molecule has 1 atom stereocenters. The lowest BCUT2D eigenvalue weighted by atomic mass is 9.98. The molecule has 2 N–H and O–H groups in total. The molecule has 2 aromatic rings. The van der Waals surface area contributed by atoms with Crippen LogP contribution in [0.3, 0.4) is 0 Å². The van der Waals surface area contributed by atoms with Gasteiger partial charge in [0.1, 0.15) is 11.6 Å². The summed E-state index contributed by atoms with van der Waals surface area (Å²) in [5, 5.41) is 13.1. The number of phenols is 1. The average Bonchev–Trinajstić information content (AvgIpc) is 3.13. The number of anilines is 2. The van der Waals surface area contributed by atoms with Gasteiger partial charge in [-0.3, -0.25) is 4.79 Å². The third kappa shape index (κ3) is 3.69. The van der Waals surface area contributed by atoms with Crippen LogP contribution in [0.25, 0.3) is 0 Å². The van der Waals surface area contributed by atoms with Gasteiger partial charge in [0.2, 0.25) is 5.91 Å². The Labute approximate surface area is 164 Å². The van der Waals surface area contributed by atoms with E-state index in [1.165, 1.54) is 12.1 Å². The van der Waals surface area contributed by atoms with Gasteiger partial charge in [0.15, 0.2) is 0 Å². The molecule has 2 aliphatic heterocycles. The molecule has 1 amide bonds. The van der Waals surface area contributed by atoms with Crippen LogP contribution in [0.4, 0.5) is 15.8 Å². The minimum Gasteiger partial charge on any atom is -0.506 e. The maximum absolute atomic E-state index is 13.2. The second-order valence-corrected chi connectivity index (χ2v) is 7.54. The maximum atomic E-state index is 13.2. The van der Waals surface area contributed by atoms with Crippen molar-refractivity contribution in [3.63, 3.8) is 0 Å². The molecular weight excluding hydrogens is 359 g/mol. The molecule has 0 saturated carbocycles. The van der Waals surface area contributed by atoms with Gasteiger partial charge < -0.3 is 20.1 Å². The fourth-order valence-electron chi connectivity index (χ4n) is 4.03. The Bertz CT molecular complexity index is 880. The predicted molar refractivity (Wildman–Crippen MR) is 106 cm³/mol. The Hall–Kier alpha value is -2.60. The first-order chi connectivity index (χ1) is 13.5. The van der Waals surface area contributed by atoms with Gasteiger partial charge >= 0.3 is 0 Å². The van der Waals surface area contributed by atoms with E-state index in [0.29, 0.717) is 18.9 Å². The van der Waals surface area contributed by atoms with Gasteiger partial charge in [0.05, 0.1) is 5.69 Å². The predicted octanol–water partition coefficient (Wildman–Crippen LogP) is 4.02. The first-order valence-electron chi connectivity index (χ1n) is 9.80. The highest BCUT2D eigenvalue weighted by Crippen LogP contribution is 2.34. The summed E-state index contributed by atoms with van der Waals surface area (Å²) in [6.07, 6.45) is 2.43. The number of hydrogen-bond acceptors (Lipinski definition) is 4. The molecule has 6 heteroatoms. The van der Waals surface area contributed by atoms with Gasteiger partial charge in [0, 0.05) is 43.5 Å². The van der Waals surface area contributed by atoms with E-state index in [9.17, 15) is 14.3 Å². The highest BCUT2D eigenvalue weighted by Gasteiger charge is 2.31. The van der Waals surface area contributed by atoms with Gasteiger partial charge in [-0.25, -0.2) is 4.39 Å². The molecule has 4 rings (SSSR count). The first kappa shape index (κ1) is 18.7. The molecule has 0 radical (unpaired) electrons. The van der Waals surface area contributed by atoms with Crippen molar-refractivity contribution in [1.29, 1.82) is 0 Å². The fourth-order valence-corrected chi connectivity index (χ4v) is 4.03. The minimum atomic E-state index is -0.470. The molecule has 0 bridgehead atoms. The molecule has 2 aliphatic rings. The Morgan fingerprint density at radius 1 is 1.25 bits per heavy atom. The zero-order chi connectivity index (χ0) is 19.7. The number of hydrogen-bond donors (Lipinski definition) is 2. The average molecular weight is 384 g/mol. The molecule has 0 spiro atoms. The molecule has 0 aliphatic carbocycles. The second-order valence-electron chi connectivity index (χ2n) is 7.54. The van der Waals surface area contributed by atoms with E-state index in [4.69, 9.17) is 4.74 Å². The molecule has 148 valence electrons. The van der Waals surface area contributed by atoms with Crippen LogP contribution in [-0.4, -0.2) is 30.8 Å². The van der Waals surface area contributed by atoms with E-state index < -0.39 is 5.82 Å². The van der Waals surface area contributed by atoms with Gasteiger partial charge in [-0.15, -0.1) is 0 Å². The molecule has 2 heterocycles. The molecule has 2 aromatic carbocycles. The van der Waals surface area contributed by atoms with Crippen molar-refractivity contribution in [2.75, 3.05) is 30.0 Å². The summed E-state index contributed by atoms with van der Waals surface area (Å²) in [7, 11) is 0. The number of fused-ring (bicyclic) bond motifs is 1. The lowest BCUT2D eigenvalue weighted by Crippen LogP contribution is -2.37. The van der Waals surface area contributed by atoms with Gasteiger partial charge in [-0.1, -0.05) is 12.1 Å². The van der Waals surface area contributed by atoms with Crippen molar-refractivity contribution in [2.45, 2.75) is 32.2 Å². The minimum absolute atomic E-state index is 0.0569. The van der Waals surface area contributed by atoms with Crippen molar-refractivity contribution in [3.8, 4) is 5.75 Å². The third-order valence-corrected chi connectivity index (χ3v) is 5.67. The number of rotatable bonds is 4. The second kappa shape index (κ2) is 7.80. The van der Waals surface area contributed by atoms with E-state index in [0.717, 1.165) is 48.7 Å². The lowest BCUT2D eigenvalue weighted by molar-refractivity contribution is -0.125. The zero-order valence-electron chi connectivity index (χ0n) is 16.0. The van der Waals surface area contributed by atoms with Gasteiger partial charge in [0.25, 0.3) is 0 Å². The van der Waals surface area contributed by atoms with Gasteiger partial charge in [-0.05, 0) is 55.5 Å². The molecule has 28 heavy (non-hydrogen) atoms. The van der Waals surface area contributed by atoms with Crippen LogP contribution in [0.1, 0.15) is 36.9 Å². The number of ether oxygens (including phenoxy) is 1. The van der Waals surface area contributed by atoms with Crippen LogP contribution in [0.15, 0.2) is 36.4 Å².